The van der Waals surface area contributed by atoms with E-state index in [0.717, 1.165) is 18.7 Å². The molecule has 0 saturated carbocycles. The number of rotatable bonds is 3. The lowest BCUT2D eigenvalue weighted by Gasteiger charge is -2.30. The Balaban J connectivity index is 1.98. The molecule has 0 bridgehead atoms. The van der Waals surface area contributed by atoms with Crippen molar-refractivity contribution in [2.45, 2.75) is 32.2 Å². The molecular weight excluding hydrogens is 239 g/mol. The van der Waals surface area contributed by atoms with Gasteiger partial charge in [0, 0.05) is 19.1 Å². The molecule has 2 nitrogen and oxygen atoms in total. The van der Waals surface area contributed by atoms with Gasteiger partial charge >= 0.3 is 0 Å². The summed E-state index contributed by atoms with van der Waals surface area (Å²) in [5.74, 6) is -0.361. The van der Waals surface area contributed by atoms with Gasteiger partial charge in [-0.1, -0.05) is 24.1 Å². The van der Waals surface area contributed by atoms with Crippen LogP contribution in [-0.4, -0.2) is 18.1 Å². The van der Waals surface area contributed by atoms with Gasteiger partial charge in [0.25, 0.3) is 0 Å². The number of piperidine rings is 1. The van der Waals surface area contributed by atoms with Gasteiger partial charge in [0.2, 0.25) is 0 Å². The van der Waals surface area contributed by atoms with Gasteiger partial charge < -0.3 is 0 Å². The molecule has 0 radical (unpaired) electrons. The van der Waals surface area contributed by atoms with Crippen LogP contribution in [0.2, 0.25) is 5.02 Å². The fourth-order valence-electron chi connectivity index (χ4n) is 2.15. The molecular formula is C13H18ClFN2. The molecule has 1 aliphatic heterocycles. The molecule has 0 aliphatic carbocycles. The van der Waals surface area contributed by atoms with E-state index in [2.05, 4.69) is 17.4 Å². The maximum absolute atomic E-state index is 13.1. The number of hydrazine groups is 1. The molecule has 94 valence electrons. The fourth-order valence-corrected chi connectivity index (χ4v) is 2.34. The summed E-state index contributed by atoms with van der Waals surface area (Å²) in [7, 11) is 0. The molecule has 1 unspecified atom stereocenters. The van der Waals surface area contributed by atoms with Crippen LogP contribution in [0.4, 0.5) is 4.39 Å². The molecule has 0 amide bonds. The molecule has 1 aromatic rings. The maximum atomic E-state index is 13.1. The number of benzene rings is 1. The smallest absolute Gasteiger partial charge is 0.141 e. The van der Waals surface area contributed by atoms with Gasteiger partial charge in [0.15, 0.2) is 0 Å². The van der Waals surface area contributed by atoms with Crippen molar-refractivity contribution < 1.29 is 4.39 Å². The lowest BCUT2D eigenvalue weighted by molar-refractivity contribution is 0.133. The van der Waals surface area contributed by atoms with Crippen LogP contribution in [0.1, 0.15) is 37.8 Å². The molecule has 1 aromatic carbocycles. The molecule has 1 fully saturated rings. The zero-order valence-corrected chi connectivity index (χ0v) is 10.8. The Morgan fingerprint density at radius 2 is 2.00 bits per heavy atom. The number of nitrogens with one attached hydrogen (secondary N) is 1. The molecule has 4 heteroatoms. The monoisotopic (exact) mass is 256 g/mol. The zero-order valence-electron chi connectivity index (χ0n) is 10.0. The van der Waals surface area contributed by atoms with Crippen LogP contribution in [0.15, 0.2) is 18.2 Å². The van der Waals surface area contributed by atoms with Gasteiger partial charge in [-0.25, -0.2) is 14.8 Å². The average molecular weight is 257 g/mol. The Bertz CT molecular complexity index is 378. The summed E-state index contributed by atoms with van der Waals surface area (Å²) >= 11 is 5.78. The zero-order chi connectivity index (χ0) is 12.3. The minimum Gasteiger partial charge on any atom is -0.248 e. The topological polar surface area (TPSA) is 15.3 Å². The SMILES string of the molecule is CC(NN1CCCCC1)c1ccc(F)c(Cl)c1. The van der Waals surface area contributed by atoms with Gasteiger partial charge in [0.1, 0.15) is 5.82 Å². The van der Waals surface area contributed by atoms with E-state index in [1.54, 1.807) is 12.1 Å². The van der Waals surface area contributed by atoms with E-state index >= 15 is 0 Å². The van der Waals surface area contributed by atoms with E-state index in [9.17, 15) is 4.39 Å². The second kappa shape index (κ2) is 5.80. The number of hydrogen-bond donors (Lipinski definition) is 1. The van der Waals surface area contributed by atoms with Crippen molar-refractivity contribution in [2.75, 3.05) is 13.1 Å². The summed E-state index contributed by atoms with van der Waals surface area (Å²) in [5, 5.41) is 2.43. The lowest BCUT2D eigenvalue weighted by atomic mass is 10.1. The molecule has 1 saturated heterocycles. The summed E-state index contributed by atoms with van der Waals surface area (Å²) in [6.07, 6.45) is 3.79. The minimum absolute atomic E-state index is 0.159. The Morgan fingerprint density at radius 1 is 1.29 bits per heavy atom. The number of hydrogen-bond acceptors (Lipinski definition) is 2. The summed E-state index contributed by atoms with van der Waals surface area (Å²) in [5.41, 5.74) is 4.45. The van der Waals surface area contributed by atoms with Crippen molar-refractivity contribution in [1.82, 2.24) is 10.4 Å². The van der Waals surface area contributed by atoms with Crippen molar-refractivity contribution in [3.63, 3.8) is 0 Å². The van der Waals surface area contributed by atoms with Crippen molar-refractivity contribution in [2.24, 2.45) is 0 Å². The van der Waals surface area contributed by atoms with Crippen molar-refractivity contribution in [3.05, 3.63) is 34.6 Å². The van der Waals surface area contributed by atoms with Crippen LogP contribution < -0.4 is 5.43 Å². The van der Waals surface area contributed by atoms with E-state index in [1.165, 1.54) is 25.3 Å². The normalized spacial score (nSPS) is 19.2. The largest absolute Gasteiger partial charge is 0.248 e. The third-order valence-corrected chi connectivity index (χ3v) is 3.47. The Morgan fingerprint density at radius 3 is 2.65 bits per heavy atom. The predicted octanol–water partition coefficient (Wildman–Crippen LogP) is 3.53. The highest BCUT2D eigenvalue weighted by Crippen LogP contribution is 2.21. The predicted molar refractivity (Wildman–Crippen MR) is 68.4 cm³/mol. The van der Waals surface area contributed by atoms with Crippen LogP contribution >= 0.6 is 11.6 Å². The van der Waals surface area contributed by atoms with E-state index in [0.29, 0.717) is 0 Å². The van der Waals surface area contributed by atoms with Crippen LogP contribution in [0.3, 0.4) is 0 Å². The number of halogens is 2. The molecule has 1 heterocycles. The molecule has 2 rings (SSSR count). The van der Waals surface area contributed by atoms with Crippen molar-refractivity contribution in [1.29, 1.82) is 0 Å². The minimum atomic E-state index is -0.361. The molecule has 1 atom stereocenters. The highest BCUT2D eigenvalue weighted by Gasteiger charge is 2.14. The first-order chi connectivity index (χ1) is 8.16. The summed E-state index contributed by atoms with van der Waals surface area (Å²) < 4.78 is 13.1. The number of nitrogens with zero attached hydrogens (tertiary/aromatic N) is 1. The highest BCUT2D eigenvalue weighted by molar-refractivity contribution is 6.30. The molecule has 0 aromatic heterocycles. The lowest BCUT2D eigenvalue weighted by Crippen LogP contribution is -2.42. The van der Waals surface area contributed by atoms with E-state index in [-0.39, 0.29) is 16.9 Å². The van der Waals surface area contributed by atoms with Gasteiger partial charge in [-0.15, -0.1) is 0 Å². The first kappa shape index (κ1) is 12.8. The molecule has 1 aliphatic rings. The standard InChI is InChI=1S/C13H18ClFN2/c1-10(16-17-7-3-2-4-8-17)11-5-6-13(15)12(14)9-11/h5-6,9-10,16H,2-4,7-8H2,1H3. The van der Waals surface area contributed by atoms with Crippen molar-refractivity contribution in [3.8, 4) is 0 Å². The first-order valence-electron chi connectivity index (χ1n) is 6.13. The Kier molecular flexibility index (Phi) is 4.37. The quantitative estimate of drug-likeness (QED) is 0.890. The van der Waals surface area contributed by atoms with E-state index in [4.69, 9.17) is 11.6 Å². The maximum Gasteiger partial charge on any atom is 0.141 e. The summed E-state index contributed by atoms with van der Waals surface area (Å²) in [4.78, 5) is 0. The van der Waals surface area contributed by atoms with Gasteiger partial charge in [-0.2, -0.15) is 0 Å². The van der Waals surface area contributed by atoms with Crippen LogP contribution in [0.5, 0.6) is 0 Å². The Labute approximate surface area is 107 Å². The molecule has 0 spiro atoms. The van der Waals surface area contributed by atoms with Crippen molar-refractivity contribution >= 4 is 11.6 Å². The second-order valence-electron chi connectivity index (χ2n) is 4.57. The third kappa shape index (κ3) is 3.41. The first-order valence-corrected chi connectivity index (χ1v) is 6.50. The summed E-state index contributed by atoms with van der Waals surface area (Å²) in [6, 6.07) is 5.05. The summed E-state index contributed by atoms with van der Waals surface area (Å²) in [6.45, 7) is 4.23. The van der Waals surface area contributed by atoms with E-state index in [1.807, 2.05) is 0 Å². The van der Waals surface area contributed by atoms with Crippen LogP contribution in [0, 0.1) is 5.82 Å². The molecule has 17 heavy (non-hydrogen) atoms. The van der Waals surface area contributed by atoms with Crippen LogP contribution in [0.25, 0.3) is 0 Å². The van der Waals surface area contributed by atoms with Gasteiger partial charge in [0.05, 0.1) is 5.02 Å². The fraction of sp³-hybridized carbons (Fsp3) is 0.538. The second-order valence-corrected chi connectivity index (χ2v) is 4.98. The van der Waals surface area contributed by atoms with Crippen LogP contribution in [-0.2, 0) is 0 Å². The molecule has 1 N–H and O–H groups in total. The Hall–Kier alpha value is -0.640. The van der Waals surface area contributed by atoms with Gasteiger partial charge in [-0.05, 0) is 37.5 Å². The van der Waals surface area contributed by atoms with E-state index < -0.39 is 0 Å². The van der Waals surface area contributed by atoms with Gasteiger partial charge in [-0.3, -0.25) is 0 Å². The third-order valence-electron chi connectivity index (χ3n) is 3.18. The highest BCUT2D eigenvalue weighted by atomic mass is 35.5. The average Bonchev–Trinajstić information content (AvgIpc) is 2.34.